The predicted molar refractivity (Wildman–Crippen MR) is 76.8 cm³/mol. The highest BCUT2D eigenvalue weighted by Gasteiger charge is 2.37. The lowest BCUT2D eigenvalue weighted by Crippen LogP contribution is -2.52. The zero-order valence-electron chi connectivity index (χ0n) is 12.3. The molecule has 0 aromatic rings. The van der Waals surface area contributed by atoms with E-state index in [9.17, 15) is 0 Å². The molecule has 2 aliphatic carbocycles. The van der Waals surface area contributed by atoms with Crippen LogP contribution in [0.1, 0.15) is 65.2 Å². The van der Waals surface area contributed by atoms with E-state index in [1.54, 1.807) is 0 Å². The van der Waals surface area contributed by atoms with Crippen LogP contribution in [0, 0.1) is 11.8 Å². The Labute approximate surface area is 113 Å². The van der Waals surface area contributed by atoms with Gasteiger partial charge >= 0.3 is 0 Å². The molecule has 1 N–H and O–H groups in total. The third-order valence-electron chi connectivity index (χ3n) is 4.93. The van der Waals surface area contributed by atoms with Gasteiger partial charge in [0.05, 0.1) is 6.10 Å². The van der Waals surface area contributed by atoms with Crippen molar-refractivity contribution in [3.63, 3.8) is 0 Å². The Morgan fingerprint density at radius 1 is 0.944 bits per heavy atom. The second-order valence-electron chi connectivity index (χ2n) is 6.09. The molecular formula is C16H31NO. The van der Waals surface area contributed by atoms with Crippen LogP contribution in [0.5, 0.6) is 0 Å². The first kappa shape index (κ1) is 14.3. The van der Waals surface area contributed by atoms with Gasteiger partial charge in [0.15, 0.2) is 0 Å². The predicted octanol–water partition coefficient (Wildman–Crippen LogP) is 3.75. The van der Waals surface area contributed by atoms with E-state index < -0.39 is 0 Å². The Morgan fingerprint density at radius 3 is 2.11 bits per heavy atom. The summed E-state index contributed by atoms with van der Waals surface area (Å²) in [4.78, 5) is 0. The first-order valence-corrected chi connectivity index (χ1v) is 8.21. The maximum absolute atomic E-state index is 6.19. The number of hydrogen-bond donors (Lipinski definition) is 1. The molecule has 0 saturated heterocycles. The van der Waals surface area contributed by atoms with Crippen molar-refractivity contribution in [2.75, 3.05) is 13.2 Å². The van der Waals surface area contributed by atoms with Gasteiger partial charge < -0.3 is 10.1 Å². The van der Waals surface area contributed by atoms with Crippen LogP contribution in [0.2, 0.25) is 0 Å². The second-order valence-corrected chi connectivity index (χ2v) is 6.09. The van der Waals surface area contributed by atoms with Gasteiger partial charge in [-0.1, -0.05) is 32.6 Å². The summed E-state index contributed by atoms with van der Waals surface area (Å²) in [6, 6.07) is 0.617. The molecule has 2 saturated carbocycles. The Hall–Kier alpha value is -0.0800. The molecule has 0 amide bonds. The van der Waals surface area contributed by atoms with Crippen molar-refractivity contribution >= 4 is 0 Å². The monoisotopic (exact) mass is 253 g/mol. The molecule has 2 aliphatic rings. The van der Waals surface area contributed by atoms with Crippen LogP contribution in [0.25, 0.3) is 0 Å². The van der Waals surface area contributed by atoms with Gasteiger partial charge in [-0.15, -0.1) is 0 Å². The molecule has 2 fully saturated rings. The average molecular weight is 253 g/mol. The first-order chi connectivity index (χ1) is 8.86. The highest BCUT2D eigenvalue weighted by Crippen LogP contribution is 2.37. The minimum atomic E-state index is 0.473. The molecule has 0 heterocycles. The molecular weight excluding hydrogens is 222 g/mol. The Kier molecular flexibility index (Phi) is 5.97. The highest BCUT2D eigenvalue weighted by molar-refractivity contribution is 4.92. The fourth-order valence-electron chi connectivity index (χ4n) is 3.77. The van der Waals surface area contributed by atoms with Gasteiger partial charge in [-0.25, -0.2) is 0 Å². The number of likely N-dealkylation sites (N-methyl/N-ethyl adjacent to an activating group) is 1. The maximum atomic E-state index is 6.19. The van der Waals surface area contributed by atoms with E-state index in [1.807, 2.05) is 0 Å². The summed E-state index contributed by atoms with van der Waals surface area (Å²) in [5.41, 5.74) is 0. The summed E-state index contributed by atoms with van der Waals surface area (Å²) >= 11 is 0. The molecule has 0 radical (unpaired) electrons. The van der Waals surface area contributed by atoms with Gasteiger partial charge in [-0.3, -0.25) is 0 Å². The number of hydrogen-bond acceptors (Lipinski definition) is 2. The lowest BCUT2D eigenvalue weighted by Gasteiger charge is -2.43. The topological polar surface area (TPSA) is 21.3 Å². The van der Waals surface area contributed by atoms with Gasteiger partial charge in [0, 0.05) is 12.6 Å². The fourth-order valence-corrected chi connectivity index (χ4v) is 3.77. The third-order valence-corrected chi connectivity index (χ3v) is 4.93. The number of nitrogens with one attached hydrogen (secondary N) is 1. The second kappa shape index (κ2) is 7.49. The van der Waals surface area contributed by atoms with Gasteiger partial charge in [0.2, 0.25) is 0 Å². The molecule has 0 aliphatic heterocycles. The van der Waals surface area contributed by atoms with E-state index in [0.717, 1.165) is 25.0 Å². The van der Waals surface area contributed by atoms with Crippen molar-refractivity contribution in [2.24, 2.45) is 11.8 Å². The van der Waals surface area contributed by atoms with Crippen LogP contribution in [0.3, 0.4) is 0 Å². The molecule has 2 nitrogen and oxygen atoms in total. The zero-order chi connectivity index (χ0) is 12.8. The van der Waals surface area contributed by atoms with Crippen molar-refractivity contribution in [3.05, 3.63) is 0 Å². The minimum Gasteiger partial charge on any atom is -0.377 e. The molecule has 2 heteroatoms. The van der Waals surface area contributed by atoms with E-state index in [4.69, 9.17) is 4.74 Å². The SMILES string of the molecule is CCNC(C1CCC1)C(OCC)C1CCCCC1. The van der Waals surface area contributed by atoms with Gasteiger partial charge in [0.25, 0.3) is 0 Å². The number of rotatable bonds is 7. The average Bonchev–Trinajstić information content (AvgIpc) is 2.34. The summed E-state index contributed by atoms with van der Waals surface area (Å²) in [6.45, 7) is 6.34. The highest BCUT2D eigenvalue weighted by atomic mass is 16.5. The van der Waals surface area contributed by atoms with Crippen LogP contribution in [0.4, 0.5) is 0 Å². The van der Waals surface area contributed by atoms with Crippen LogP contribution in [0.15, 0.2) is 0 Å². The molecule has 0 aromatic heterocycles. The van der Waals surface area contributed by atoms with E-state index in [1.165, 1.54) is 51.4 Å². The summed E-state index contributed by atoms with van der Waals surface area (Å²) in [7, 11) is 0. The van der Waals surface area contributed by atoms with Crippen molar-refractivity contribution in [3.8, 4) is 0 Å². The Morgan fingerprint density at radius 2 is 1.61 bits per heavy atom. The summed E-state index contributed by atoms with van der Waals surface area (Å²) < 4.78 is 6.19. The van der Waals surface area contributed by atoms with Gasteiger partial charge in [-0.05, 0) is 51.0 Å². The van der Waals surface area contributed by atoms with Gasteiger partial charge in [-0.2, -0.15) is 0 Å². The van der Waals surface area contributed by atoms with E-state index >= 15 is 0 Å². The Bertz CT molecular complexity index is 221. The fraction of sp³-hybridized carbons (Fsp3) is 1.00. The minimum absolute atomic E-state index is 0.473. The van der Waals surface area contributed by atoms with Crippen molar-refractivity contribution in [1.82, 2.24) is 5.32 Å². The molecule has 2 rings (SSSR count). The normalized spacial score (nSPS) is 25.7. The van der Waals surface area contributed by atoms with Gasteiger partial charge in [0.1, 0.15) is 0 Å². The molecule has 0 bridgehead atoms. The zero-order valence-corrected chi connectivity index (χ0v) is 12.3. The first-order valence-electron chi connectivity index (χ1n) is 8.21. The molecule has 18 heavy (non-hydrogen) atoms. The lowest BCUT2D eigenvalue weighted by atomic mass is 9.72. The van der Waals surface area contributed by atoms with E-state index in [0.29, 0.717) is 12.1 Å². The third kappa shape index (κ3) is 3.48. The smallest absolute Gasteiger partial charge is 0.0758 e. The van der Waals surface area contributed by atoms with Crippen LogP contribution in [-0.2, 0) is 4.74 Å². The van der Waals surface area contributed by atoms with Crippen LogP contribution >= 0.6 is 0 Å². The summed E-state index contributed by atoms with van der Waals surface area (Å²) in [5, 5.41) is 3.74. The Balaban J connectivity index is 1.99. The maximum Gasteiger partial charge on any atom is 0.0758 e. The molecule has 2 unspecified atom stereocenters. The van der Waals surface area contributed by atoms with E-state index in [-0.39, 0.29) is 0 Å². The standard InChI is InChI=1S/C16H31NO/c1-3-17-15(13-11-8-12-13)16(18-4-2)14-9-6-5-7-10-14/h13-17H,3-12H2,1-2H3. The number of ether oxygens (including phenoxy) is 1. The molecule has 0 aromatic carbocycles. The van der Waals surface area contributed by atoms with Crippen LogP contribution in [-0.4, -0.2) is 25.3 Å². The molecule has 106 valence electrons. The van der Waals surface area contributed by atoms with Crippen molar-refractivity contribution < 1.29 is 4.74 Å². The lowest BCUT2D eigenvalue weighted by molar-refractivity contribution is -0.0405. The molecule has 2 atom stereocenters. The van der Waals surface area contributed by atoms with Crippen molar-refractivity contribution in [1.29, 1.82) is 0 Å². The molecule has 0 spiro atoms. The largest absolute Gasteiger partial charge is 0.377 e. The van der Waals surface area contributed by atoms with Crippen LogP contribution < -0.4 is 5.32 Å². The van der Waals surface area contributed by atoms with E-state index in [2.05, 4.69) is 19.2 Å². The quantitative estimate of drug-likeness (QED) is 0.746. The summed E-state index contributed by atoms with van der Waals surface area (Å²) in [5.74, 6) is 1.69. The summed E-state index contributed by atoms with van der Waals surface area (Å²) in [6.07, 6.45) is 11.8. The van der Waals surface area contributed by atoms with Crippen molar-refractivity contribution in [2.45, 2.75) is 77.4 Å².